The van der Waals surface area contributed by atoms with E-state index in [1.54, 1.807) is 0 Å². The molecule has 0 N–H and O–H groups in total. The molecule has 1 aromatic carbocycles. The van der Waals surface area contributed by atoms with Crippen molar-refractivity contribution in [1.82, 2.24) is 9.80 Å². The molecule has 0 amide bonds. The molecule has 1 aromatic rings. The van der Waals surface area contributed by atoms with Gasteiger partial charge in [0.25, 0.3) is 0 Å². The summed E-state index contributed by atoms with van der Waals surface area (Å²) in [6, 6.07) is 5.01. The molecule has 1 unspecified atom stereocenters. The molecule has 2 nitrogen and oxygen atoms in total. The number of likely N-dealkylation sites (tertiary alicyclic amines) is 1. The Balaban J connectivity index is 2.24. The number of rotatable bonds is 3. The molecule has 2 rings (SSSR count). The molecule has 1 atom stereocenters. The summed E-state index contributed by atoms with van der Waals surface area (Å²) in [7, 11) is 4.10. The lowest BCUT2D eigenvalue weighted by Crippen LogP contribution is -2.31. The molecule has 1 fully saturated rings. The first-order chi connectivity index (χ1) is 10.5. The Bertz CT molecular complexity index is 512. The molecule has 1 heterocycles. The molecule has 1 aliphatic heterocycles. The fourth-order valence-electron chi connectivity index (χ4n) is 3.02. The van der Waals surface area contributed by atoms with Gasteiger partial charge in [0, 0.05) is 25.7 Å². The minimum Gasteiger partial charge on any atom is -0.305 e. The summed E-state index contributed by atoms with van der Waals surface area (Å²) in [6.45, 7) is 8.27. The molecule has 0 spiro atoms. The number of nitrogens with zero attached hydrogens (tertiary/aromatic N) is 2. The van der Waals surface area contributed by atoms with E-state index in [-0.39, 0.29) is 5.41 Å². The minimum absolute atomic E-state index is 0.298. The quantitative estimate of drug-likeness (QED) is 0.823. The Morgan fingerprint density at radius 1 is 1.09 bits per heavy atom. The van der Waals surface area contributed by atoms with Gasteiger partial charge in [-0.05, 0) is 49.2 Å². The Labute approximate surface area is 137 Å². The van der Waals surface area contributed by atoms with Crippen LogP contribution in [0.5, 0.6) is 0 Å². The average molecular weight is 328 g/mol. The second kappa shape index (κ2) is 6.44. The van der Waals surface area contributed by atoms with Crippen molar-refractivity contribution >= 4 is 0 Å². The second-order valence-corrected chi connectivity index (χ2v) is 7.81. The topological polar surface area (TPSA) is 6.48 Å². The molecule has 23 heavy (non-hydrogen) atoms. The van der Waals surface area contributed by atoms with Gasteiger partial charge in [0.15, 0.2) is 0 Å². The molecular formula is C18H27F3N2. The van der Waals surface area contributed by atoms with E-state index in [1.165, 1.54) is 12.1 Å². The Morgan fingerprint density at radius 3 is 2.17 bits per heavy atom. The zero-order valence-electron chi connectivity index (χ0n) is 14.7. The highest BCUT2D eigenvalue weighted by Crippen LogP contribution is 2.34. The van der Waals surface area contributed by atoms with Crippen LogP contribution in [0.15, 0.2) is 18.2 Å². The van der Waals surface area contributed by atoms with Gasteiger partial charge >= 0.3 is 6.18 Å². The van der Waals surface area contributed by atoms with Gasteiger partial charge < -0.3 is 4.90 Å². The Kier molecular flexibility index (Phi) is 5.12. The lowest BCUT2D eigenvalue weighted by atomic mass is 9.85. The van der Waals surface area contributed by atoms with Crippen molar-refractivity contribution in [3.05, 3.63) is 34.9 Å². The highest BCUT2D eigenvalue weighted by Gasteiger charge is 2.33. The van der Waals surface area contributed by atoms with Gasteiger partial charge in [-0.1, -0.05) is 26.8 Å². The van der Waals surface area contributed by atoms with Crippen molar-refractivity contribution in [2.75, 3.05) is 27.2 Å². The van der Waals surface area contributed by atoms with Crippen molar-refractivity contribution in [3.63, 3.8) is 0 Å². The predicted molar refractivity (Wildman–Crippen MR) is 87.5 cm³/mol. The van der Waals surface area contributed by atoms with Crippen molar-refractivity contribution < 1.29 is 13.2 Å². The minimum atomic E-state index is -4.30. The molecule has 0 bridgehead atoms. The third kappa shape index (κ3) is 4.70. The van der Waals surface area contributed by atoms with Crippen molar-refractivity contribution in [3.8, 4) is 0 Å². The van der Waals surface area contributed by atoms with E-state index in [9.17, 15) is 13.2 Å². The lowest BCUT2D eigenvalue weighted by Gasteiger charge is -2.24. The summed E-state index contributed by atoms with van der Waals surface area (Å²) in [5.41, 5.74) is 0.658. The van der Waals surface area contributed by atoms with E-state index >= 15 is 0 Å². The van der Waals surface area contributed by atoms with Gasteiger partial charge in [0.2, 0.25) is 0 Å². The molecule has 1 saturated heterocycles. The number of hydrogen-bond donors (Lipinski definition) is 0. The lowest BCUT2D eigenvalue weighted by molar-refractivity contribution is -0.137. The van der Waals surface area contributed by atoms with Gasteiger partial charge in [-0.15, -0.1) is 0 Å². The third-order valence-electron chi connectivity index (χ3n) is 4.57. The number of benzene rings is 1. The van der Waals surface area contributed by atoms with Crippen LogP contribution < -0.4 is 0 Å². The van der Waals surface area contributed by atoms with E-state index in [2.05, 4.69) is 23.9 Å². The van der Waals surface area contributed by atoms with Crippen LogP contribution in [0.2, 0.25) is 0 Å². The summed E-state index contributed by atoms with van der Waals surface area (Å²) >= 11 is 0. The smallest absolute Gasteiger partial charge is 0.305 e. The van der Waals surface area contributed by atoms with Crippen LogP contribution in [-0.4, -0.2) is 43.0 Å². The molecule has 0 aromatic heterocycles. The van der Waals surface area contributed by atoms with E-state index in [4.69, 9.17) is 0 Å². The first-order valence-electron chi connectivity index (χ1n) is 8.07. The number of halogens is 3. The van der Waals surface area contributed by atoms with Gasteiger partial charge in [-0.2, -0.15) is 13.2 Å². The molecule has 0 radical (unpaired) electrons. The highest BCUT2D eigenvalue weighted by molar-refractivity contribution is 5.35. The fraction of sp³-hybridized carbons (Fsp3) is 0.667. The van der Waals surface area contributed by atoms with Gasteiger partial charge in [0.1, 0.15) is 0 Å². The Hall–Kier alpha value is -1.07. The maximum absolute atomic E-state index is 13.2. The summed E-state index contributed by atoms with van der Waals surface area (Å²) in [4.78, 5) is 4.43. The maximum Gasteiger partial charge on any atom is 0.416 e. The Morgan fingerprint density at radius 2 is 1.70 bits per heavy atom. The summed E-state index contributed by atoms with van der Waals surface area (Å²) in [6.07, 6.45) is -3.23. The summed E-state index contributed by atoms with van der Waals surface area (Å²) < 4.78 is 39.6. The zero-order valence-corrected chi connectivity index (χ0v) is 14.7. The molecule has 0 aliphatic carbocycles. The second-order valence-electron chi connectivity index (χ2n) is 7.81. The number of alkyl halides is 3. The van der Waals surface area contributed by atoms with Crippen molar-refractivity contribution in [1.29, 1.82) is 0 Å². The largest absolute Gasteiger partial charge is 0.416 e. The van der Waals surface area contributed by atoms with E-state index < -0.39 is 11.7 Å². The van der Waals surface area contributed by atoms with E-state index in [0.717, 1.165) is 30.6 Å². The van der Waals surface area contributed by atoms with Gasteiger partial charge in [-0.3, -0.25) is 4.90 Å². The average Bonchev–Trinajstić information content (AvgIpc) is 2.85. The number of hydrogen-bond acceptors (Lipinski definition) is 2. The monoisotopic (exact) mass is 328 g/mol. The molecule has 130 valence electrons. The molecular weight excluding hydrogens is 301 g/mol. The molecule has 5 heteroatoms. The first kappa shape index (κ1) is 18.3. The van der Waals surface area contributed by atoms with Gasteiger partial charge in [0.05, 0.1) is 5.56 Å². The van der Waals surface area contributed by atoms with E-state index in [0.29, 0.717) is 12.6 Å². The standard InChI is InChI=1S/C18H27F3N2/c1-17(2,3)14-8-13(9-15(10-14)18(19,20)21)11-23-7-6-16(12-23)22(4)5/h8-10,16H,6-7,11-12H2,1-5H3. The van der Waals surface area contributed by atoms with Crippen LogP contribution in [0.3, 0.4) is 0 Å². The SMILES string of the molecule is CN(C)C1CCN(Cc2cc(C(C)(C)C)cc(C(F)(F)F)c2)C1. The molecule has 1 aliphatic rings. The fourth-order valence-corrected chi connectivity index (χ4v) is 3.02. The zero-order chi connectivity index (χ0) is 17.4. The maximum atomic E-state index is 13.2. The van der Waals surface area contributed by atoms with Crippen LogP contribution in [0.1, 0.15) is 43.9 Å². The number of likely N-dealkylation sites (N-methyl/N-ethyl adjacent to an activating group) is 1. The van der Waals surface area contributed by atoms with Crippen LogP contribution in [0, 0.1) is 0 Å². The normalized spacial score (nSPS) is 20.5. The summed E-state index contributed by atoms with van der Waals surface area (Å²) in [5, 5.41) is 0. The van der Waals surface area contributed by atoms with Crippen molar-refractivity contribution in [2.24, 2.45) is 0 Å². The predicted octanol–water partition coefficient (Wildman–Crippen LogP) is 4.14. The summed E-state index contributed by atoms with van der Waals surface area (Å²) in [5.74, 6) is 0. The molecule has 0 saturated carbocycles. The van der Waals surface area contributed by atoms with Crippen LogP contribution in [-0.2, 0) is 18.1 Å². The van der Waals surface area contributed by atoms with Crippen LogP contribution in [0.25, 0.3) is 0 Å². The van der Waals surface area contributed by atoms with E-state index in [1.807, 2.05) is 26.8 Å². The van der Waals surface area contributed by atoms with Crippen molar-refractivity contribution in [2.45, 2.75) is 51.4 Å². The highest BCUT2D eigenvalue weighted by atomic mass is 19.4. The first-order valence-corrected chi connectivity index (χ1v) is 8.07. The third-order valence-corrected chi connectivity index (χ3v) is 4.57. The van der Waals surface area contributed by atoms with Gasteiger partial charge in [-0.25, -0.2) is 0 Å². The van der Waals surface area contributed by atoms with Crippen LogP contribution in [0.4, 0.5) is 13.2 Å². The van der Waals surface area contributed by atoms with Crippen LogP contribution >= 0.6 is 0 Å².